The van der Waals surface area contributed by atoms with Crippen LogP contribution in [0.4, 0.5) is 0 Å². The molecular formula is C23H28N2O2. The summed E-state index contributed by atoms with van der Waals surface area (Å²) in [7, 11) is 3.50. The zero-order valence-corrected chi connectivity index (χ0v) is 16.8. The Balaban J connectivity index is 2.15. The first-order chi connectivity index (χ1) is 13.1. The summed E-state index contributed by atoms with van der Waals surface area (Å²) in [6, 6.07) is 10.6. The Labute approximate surface area is 161 Å². The minimum absolute atomic E-state index is 0.205. The topological polar surface area (TPSA) is 36.3 Å². The van der Waals surface area contributed by atoms with E-state index in [0.29, 0.717) is 0 Å². The Morgan fingerprint density at radius 3 is 2.19 bits per heavy atom. The molecule has 27 heavy (non-hydrogen) atoms. The third kappa shape index (κ3) is 3.70. The van der Waals surface area contributed by atoms with Crippen LogP contribution in [-0.4, -0.2) is 23.8 Å². The lowest BCUT2D eigenvalue weighted by molar-refractivity contribution is 0.387. The molecule has 3 rings (SSSR count). The van der Waals surface area contributed by atoms with Crippen LogP contribution < -0.4 is 9.47 Å². The van der Waals surface area contributed by atoms with Crippen LogP contribution in [0.5, 0.6) is 11.5 Å². The van der Waals surface area contributed by atoms with Crippen LogP contribution in [0.25, 0.3) is 0 Å². The molecule has 0 amide bonds. The van der Waals surface area contributed by atoms with Gasteiger partial charge < -0.3 is 14.0 Å². The zero-order chi connectivity index (χ0) is 19.4. The molecule has 1 aromatic heterocycles. The van der Waals surface area contributed by atoms with Crippen molar-refractivity contribution in [2.45, 2.75) is 39.7 Å². The molecule has 0 N–H and O–H groups in total. The molecule has 1 unspecified atom stereocenters. The van der Waals surface area contributed by atoms with Gasteiger partial charge in [0.2, 0.25) is 0 Å². The van der Waals surface area contributed by atoms with Gasteiger partial charge in [0.15, 0.2) is 0 Å². The largest absolute Gasteiger partial charge is 0.496 e. The first-order valence-electron chi connectivity index (χ1n) is 9.30. The second-order valence-electron chi connectivity index (χ2n) is 6.91. The van der Waals surface area contributed by atoms with Crippen molar-refractivity contribution in [3.8, 4) is 11.5 Å². The van der Waals surface area contributed by atoms with E-state index in [1.807, 2.05) is 18.7 Å². The van der Waals surface area contributed by atoms with E-state index in [4.69, 9.17) is 9.47 Å². The van der Waals surface area contributed by atoms with Crippen LogP contribution in [0.2, 0.25) is 0 Å². The van der Waals surface area contributed by atoms with Gasteiger partial charge in [-0.05, 0) is 49.4 Å². The van der Waals surface area contributed by atoms with E-state index in [0.717, 1.165) is 41.2 Å². The van der Waals surface area contributed by atoms with Gasteiger partial charge in [-0.3, -0.25) is 0 Å². The molecule has 0 aliphatic heterocycles. The van der Waals surface area contributed by atoms with E-state index >= 15 is 0 Å². The van der Waals surface area contributed by atoms with Crippen LogP contribution in [0.3, 0.4) is 0 Å². The van der Waals surface area contributed by atoms with Gasteiger partial charge in [-0.2, -0.15) is 0 Å². The molecule has 2 aromatic carbocycles. The number of imidazole rings is 1. The van der Waals surface area contributed by atoms with Crippen molar-refractivity contribution in [2.75, 3.05) is 14.2 Å². The van der Waals surface area contributed by atoms with Crippen molar-refractivity contribution in [1.29, 1.82) is 0 Å². The van der Waals surface area contributed by atoms with Crippen LogP contribution in [0, 0.1) is 20.8 Å². The molecule has 1 heterocycles. The average molecular weight is 364 g/mol. The van der Waals surface area contributed by atoms with Crippen molar-refractivity contribution >= 4 is 0 Å². The molecule has 0 fully saturated rings. The third-order valence-electron chi connectivity index (χ3n) is 5.43. The highest BCUT2D eigenvalue weighted by atomic mass is 16.5. The number of aryl methyl sites for hydroxylation is 1. The fourth-order valence-corrected chi connectivity index (χ4v) is 3.97. The molecular weight excluding hydrogens is 336 g/mol. The van der Waals surface area contributed by atoms with Gasteiger partial charge in [0.25, 0.3) is 0 Å². The zero-order valence-electron chi connectivity index (χ0n) is 16.8. The lowest BCUT2D eigenvalue weighted by Crippen LogP contribution is -2.12. The van der Waals surface area contributed by atoms with Crippen LogP contribution >= 0.6 is 0 Å². The Kier molecular flexibility index (Phi) is 5.84. The van der Waals surface area contributed by atoms with E-state index in [1.165, 1.54) is 11.1 Å². The number of hydrogen-bond donors (Lipinski definition) is 0. The van der Waals surface area contributed by atoms with Crippen molar-refractivity contribution < 1.29 is 9.47 Å². The van der Waals surface area contributed by atoms with E-state index < -0.39 is 0 Å². The second-order valence-corrected chi connectivity index (χ2v) is 6.91. The lowest BCUT2D eigenvalue weighted by atomic mass is 9.82. The van der Waals surface area contributed by atoms with Crippen molar-refractivity contribution in [1.82, 2.24) is 9.55 Å². The number of aromatic nitrogens is 2. The first-order valence-corrected chi connectivity index (χ1v) is 9.30. The Morgan fingerprint density at radius 1 is 0.926 bits per heavy atom. The predicted molar refractivity (Wildman–Crippen MR) is 109 cm³/mol. The molecule has 142 valence electrons. The second kappa shape index (κ2) is 8.30. The molecule has 4 heteroatoms. The average Bonchev–Trinajstić information content (AvgIpc) is 3.21. The summed E-state index contributed by atoms with van der Waals surface area (Å²) in [6.07, 6.45) is 6.64. The van der Waals surface area contributed by atoms with Gasteiger partial charge in [0, 0.05) is 30.4 Å². The van der Waals surface area contributed by atoms with Gasteiger partial charge >= 0.3 is 0 Å². The molecule has 0 aliphatic carbocycles. The highest BCUT2D eigenvalue weighted by molar-refractivity contribution is 5.60. The summed E-state index contributed by atoms with van der Waals surface area (Å²) < 4.78 is 13.8. The Bertz CT molecular complexity index is 887. The maximum Gasteiger partial charge on any atom is 0.126 e. The summed E-state index contributed by atoms with van der Waals surface area (Å²) in [5, 5.41) is 0. The molecule has 0 radical (unpaired) electrons. The summed E-state index contributed by atoms with van der Waals surface area (Å²) in [4.78, 5) is 4.17. The van der Waals surface area contributed by atoms with Gasteiger partial charge in [0.1, 0.15) is 11.5 Å². The monoisotopic (exact) mass is 364 g/mol. The quantitative estimate of drug-likeness (QED) is 0.589. The predicted octanol–water partition coefficient (Wildman–Crippen LogP) is 5.05. The van der Waals surface area contributed by atoms with Gasteiger partial charge in [-0.1, -0.05) is 30.3 Å². The number of benzene rings is 2. The number of ether oxygens (including phenoxy) is 2. The molecule has 3 aromatic rings. The normalized spacial score (nSPS) is 12.0. The maximum absolute atomic E-state index is 5.90. The van der Waals surface area contributed by atoms with E-state index in [-0.39, 0.29) is 5.92 Å². The van der Waals surface area contributed by atoms with E-state index in [9.17, 15) is 0 Å². The number of rotatable bonds is 7. The molecule has 0 bridgehead atoms. The Morgan fingerprint density at radius 2 is 1.59 bits per heavy atom. The highest BCUT2D eigenvalue weighted by Crippen LogP contribution is 2.44. The standard InChI is InChI=1S/C23H28N2O2/c1-16-17(2)23(27-5)21(18(3)22(16)26-4)20(19-9-7-6-8-10-19)11-13-25-14-12-24-15-25/h6-10,12,14-15,20H,11,13H2,1-5H3. The van der Waals surface area contributed by atoms with Crippen LogP contribution in [0.15, 0.2) is 49.1 Å². The first kappa shape index (κ1) is 19.0. The van der Waals surface area contributed by atoms with Crippen molar-refractivity contribution in [3.05, 3.63) is 76.9 Å². The molecule has 0 aliphatic rings. The molecule has 0 spiro atoms. The summed E-state index contributed by atoms with van der Waals surface area (Å²) in [5.74, 6) is 2.12. The third-order valence-corrected chi connectivity index (χ3v) is 5.43. The fourth-order valence-electron chi connectivity index (χ4n) is 3.97. The minimum Gasteiger partial charge on any atom is -0.496 e. The SMILES string of the molecule is COc1c(C)c(C)c(OC)c(C(CCn2ccnc2)c2ccccc2)c1C. The highest BCUT2D eigenvalue weighted by Gasteiger charge is 2.26. The Hall–Kier alpha value is -2.75. The van der Waals surface area contributed by atoms with E-state index in [2.05, 4.69) is 60.7 Å². The van der Waals surface area contributed by atoms with Crippen LogP contribution in [-0.2, 0) is 6.54 Å². The molecule has 4 nitrogen and oxygen atoms in total. The van der Waals surface area contributed by atoms with Crippen molar-refractivity contribution in [2.24, 2.45) is 0 Å². The smallest absolute Gasteiger partial charge is 0.126 e. The maximum atomic E-state index is 5.90. The van der Waals surface area contributed by atoms with Crippen molar-refractivity contribution in [3.63, 3.8) is 0 Å². The number of methoxy groups -OCH3 is 2. The molecule has 0 saturated heterocycles. The van der Waals surface area contributed by atoms with E-state index in [1.54, 1.807) is 14.2 Å². The minimum atomic E-state index is 0.205. The number of nitrogens with zero attached hydrogens (tertiary/aromatic N) is 2. The fraction of sp³-hybridized carbons (Fsp3) is 0.348. The van der Waals surface area contributed by atoms with Gasteiger partial charge in [-0.25, -0.2) is 4.98 Å². The summed E-state index contributed by atoms with van der Waals surface area (Å²) in [6.45, 7) is 7.22. The summed E-state index contributed by atoms with van der Waals surface area (Å²) >= 11 is 0. The molecule has 0 saturated carbocycles. The van der Waals surface area contributed by atoms with Crippen LogP contribution in [0.1, 0.15) is 40.2 Å². The summed E-state index contributed by atoms with van der Waals surface area (Å²) in [5.41, 5.74) is 5.92. The molecule has 1 atom stereocenters. The van der Waals surface area contributed by atoms with Gasteiger partial charge in [-0.15, -0.1) is 0 Å². The van der Waals surface area contributed by atoms with Gasteiger partial charge in [0.05, 0.1) is 20.5 Å². The number of hydrogen-bond acceptors (Lipinski definition) is 3. The lowest BCUT2D eigenvalue weighted by Gasteiger charge is -2.27.